The Hall–Kier alpha value is -3.10. The topological polar surface area (TPSA) is 107 Å². The number of pyridine rings is 1. The van der Waals surface area contributed by atoms with Crippen LogP contribution in [0.25, 0.3) is 11.1 Å². The first kappa shape index (κ1) is 19.7. The Balaban J connectivity index is 1.72. The molecule has 0 saturated carbocycles. The number of benzene rings is 1. The number of carbonyl (C=O) groups is 1. The minimum atomic E-state index is -0.470. The number of nitrogens with one attached hydrogen (secondary N) is 1. The van der Waals surface area contributed by atoms with Crippen molar-refractivity contribution >= 4 is 29.2 Å². The standard InChI is InChI=1S/C19H20ClN5O3/c1-25(2)7-8-27-17-6-4-13(10-22-17)12-3-5-14(20)15(9-12)23-18(26)16-11-28-19(21)24-16/h3-6,9-11H,7-8H2,1-2H3,(H2,21,24)(H,23,26). The number of aromatic nitrogens is 2. The number of nitrogen functional groups attached to an aromatic ring is 1. The van der Waals surface area contributed by atoms with Crippen molar-refractivity contribution in [2.24, 2.45) is 0 Å². The van der Waals surface area contributed by atoms with Gasteiger partial charge in [-0.1, -0.05) is 17.7 Å². The summed E-state index contributed by atoms with van der Waals surface area (Å²) in [7, 11) is 3.96. The number of halogens is 1. The second kappa shape index (κ2) is 8.73. The molecule has 0 unspecified atom stereocenters. The van der Waals surface area contributed by atoms with E-state index < -0.39 is 5.91 Å². The molecule has 0 atom stereocenters. The Morgan fingerprint density at radius 1 is 1.29 bits per heavy atom. The van der Waals surface area contributed by atoms with Crippen LogP contribution in [0.2, 0.25) is 5.02 Å². The summed E-state index contributed by atoms with van der Waals surface area (Å²) in [6, 6.07) is 8.92. The van der Waals surface area contributed by atoms with E-state index in [1.54, 1.807) is 24.4 Å². The molecule has 2 aromatic heterocycles. The number of anilines is 2. The van der Waals surface area contributed by atoms with Crippen LogP contribution in [-0.4, -0.2) is 48.0 Å². The largest absolute Gasteiger partial charge is 0.476 e. The first-order chi connectivity index (χ1) is 13.4. The number of amides is 1. The third-order valence-corrected chi connectivity index (χ3v) is 4.16. The second-order valence-electron chi connectivity index (χ2n) is 6.26. The van der Waals surface area contributed by atoms with Crippen molar-refractivity contribution in [2.45, 2.75) is 0 Å². The number of nitrogens with zero attached hydrogens (tertiary/aromatic N) is 3. The van der Waals surface area contributed by atoms with Crippen LogP contribution < -0.4 is 15.8 Å². The van der Waals surface area contributed by atoms with Crippen molar-refractivity contribution in [3.8, 4) is 17.0 Å². The molecule has 0 saturated heterocycles. The van der Waals surface area contributed by atoms with Crippen LogP contribution in [0.15, 0.2) is 47.2 Å². The van der Waals surface area contributed by atoms with E-state index in [0.29, 0.717) is 23.2 Å². The highest BCUT2D eigenvalue weighted by Gasteiger charge is 2.14. The van der Waals surface area contributed by atoms with E-state index in [1.807, 2.05) is 31.1 Å². The number of hydrogen-bond acceptors (Lipinski definition) is 7. The zero-order valence-corrected chi connectivity index (χ0v) is 16.2. The van der Waals surface area contributed by atoms with E-state index in [1.165, 1.54) is 6.26 Å². The van der Waals surface area contributed by atoms with Crippen LogP contribution in [0.1, 0.15) is 10.5 Å². The summed E-state index contributed by atoms with van der Waals surface area (Å²) < 4.78 is 10.4. The fourth-order valence-corrected chi connectivity index (χ4v) is 2.51. The first-order valence-corrected chi connectivity index (χ1v) is 8.86. The molecule has 1 aromatic carbocycles. The molecule has 9 heteroatoms. The molecule has 0 fully saturated rings. The lowest BCUT2D eigenvalue weighted by Gasteiger charge is -2.11. The highest BCUT2D eigenvalue weighted by atomic mass is 35.5. The Kier molecular flexibility index (Phi) is 6.13. The summed E-state index contributed by atoms with van der Waals surface area (Å²) in [5.74, 6) is 0.0824. The average molecular weight is 402 g/mol. The molecule has 0 aliphatic heterocycles. The molecule has 3 rings (SSSR count). The van der Waals surface area contributed by atoms with Crippen LogP contribution in [0, 0.1) is 0 Å². The Morgan fingerprint density at radius 3 is 2.71 bits per heavy atom. The van der Waals surface area contributed by atoms with E-state index in [-0.39, 0.29) is 11.7 Å². The fraction of sp³-hybridized carbons (Fsp3) is 0.211. The van der Waals surface area contributed by atoms with Crippen molar-refractivity contribution in [2.75, 3.05) is 38.3 Å². The molecule has 8 nitrogen and oxygen atoms in total. The van der Waals surface area contributed by atoms with Gasteiger partial charge in [0, 0.05) is 24.4 Å². The van der Waals surface area contributed by atoms with Crippen LogP contribution in [-0.2, 0) is 0 Å². The zero-order chi connectivity index (χ0) is 20.1. The SMILES string of the molecule is CN(C)CCOc1ccc(-c2ccc(Cl)c(NC(=O)c3coc(N)n3)c2)cn1. The van der Waals surface area contributed by atoms with Gasteiger partial charge in [-0.25, -0.2) is 4.98 Å². The summed E-state index contributed by atoms with van der Waals surface area (Å²) in [4.78, 5) is 22.4. The van der Waals surface area contributed by atoms with Gasteiger partial charge in [0.25, 0.3) is 11.9 Å². The highest BCUT2D eigenvalue weighted by Crippen LogP contribution is 2.29. The maximum absolute atomic E-state index is 12.2. The van der Waals surface area contributed by atoms with Crippen LogP contribution in [0.4, 0.5) is 11.7 Å². The molecule has 2 heterocycles. The number of rotatable bonds is 7. The molecule has 146 valence electrons. The second-order valence-corrected chi connectivity index (χ2v) is 6.66. The number of nitrogens with two attached hydrogens (primary N) is 1. The zero-order valence-electron chi connectivity index (χ0n) is 15.5. The van der Waals surface area contributed by atoms with Crippen molar-refractivity contribution < 1.29 is 13.9 Å². The van der Waals surface area contributed by atoms with Crippen LogP contribution >= 0.6 is 11.6 Å². The lowest BCUT2D eigenvalue weighted by atomic mass is 10.1. The molecule has 0 aliphatic rings. The number of likely N-dealkylation sites (N-methyl/N-ethyl adjacent to an activating group) is 1. The molecule has 28 heavy (non-hydrogen) atoms. The van der Waals surface area contributed by atoms with Crippen molar-refractivity contribution in [1.82, 2.24) is 14.9 Å². The maximum atomic E-state index is 12.2. The van der Waals surface area contributed by atoms with Gasteiger partial charge in [-0.15, -0.1) is 0 Å². The van der Waals surface area contributed by atoms with Gasteiger partial charge < -0.3 is 25.1 Å². The lowest BCUT2D eigenvalue weighted by Crippen LogP contribution is -2.19. The van der Waals surface area contributed by atoms with Gasteiger partial charge in [0.05, 0.1) is 10.7 Å². The lowest BCUT2D eigenvalue weighted by molar-refractivity contribution is 0.102. The molecule has 3 N–H and O–H groups in total. The van der Waals surface area contributed by atoms with Crippen LogP contribution in [0.5, 0.6) is 5.88 Å². The summed E-state index contributed by atoms with van der Waals surface area (Å²) in [5.41, 5.74) is 7.60. The molecule has 0 bridgehead atoms. The van der Waals surface area contributed by atoms with Gasteiger partial charge in [-0.05, 0) is 37.9 Å². The number of oxazole rings is 1. The predicted octanol–water partition coefficient (Wildman–Crippen LogP) is 3.16. The maximum Gasteiger partial charge on any atom is 0.292 e. The summed E-state index contributed by atoms with van der Waals surface area (Å²) >= 11 is 6.21. The molecule has 3 aromatic rings. The van der Waals surface area contributed by atoms with Gasteiger partial charge >= 0.3 is 0 Å². The molecule has 0 spiro atoms. The third kappa shape index (κ3) is 4.99. The summed E-state index contributed by atoms with van der Waals surface area (Å²) in [6.07, 6.45) is 2.89. The smallest absolute Gasteiger partial charge is 0.292 e. The molecule has 1 amide bonds. The van der Waals surface area contributed by atoms with E-state index in [0.717, 1.165) is 17.7 Å². The van der Waals surface area contributed by atoms with Gasteiger partial charge in [-0.3, -0.25) is 4.79 Å². The van der Waals surface area contributed by atoms with E-state index in [2.05, 4.69) is 15.3 Å². The average Bonchev–Trinajstić information content (AvgIpc) is 3.10. The van der Waals surface area contributed by atoms with Crippen LogP contribution in [0.3, 0.4) is 0 Å². The number of hydrogen-bond donors (Lipinski definition) is 2. The van der Waals surface area contributed by atoms with E-state index in [4.69, 9.17) is 26.5 Å². The quantitative estimate of drug-likeness (QED) is 0.626. The van der Waals surface area contributed by atoms with E-state index in [9.17, 15) is 4.79 Å². The molecular formula is C19H20ClN5O3. The monoisotopic (exact) mass is 401 g/mol. The molecular weight excluding hydrogens is 382 g/mol. The summed E-state index contributed by atoms with van der Waals surface area (Å²) in [6.45, 7) is 1.36. The van der Waals surface area contributed by atoms with Gasteiger partial charge in [0.15, 0.2) is 5.69 Å². The fourth-order valence-electron chi connectivity index (χ4n) is 2.35. The third-order valence-electron chi connectivity index (χ3n) is 3.83. The Labute approximate surface area is 167 Å². The van der Waals surface area contributed by atoms with Gasteiger partial charge in [0.1, 0.15) is 12.9 Å². The highest BCUT2D eigenvalue weighted by molar-refractivity contribution is 6.34. The predicted molar refractivity (Wildman–Crippen MR) is 108 cm³/mol. The molecule has 0 aliphatic carbocycles. The number of ether oxygens (including phenoxy) is 1. The summed E-state index contributed by atoms with van der Waals surface area (Å²) in [5, 5.41) is 3.09. The number of carbonyl (C=O) groups excluding carboxylic acids is 1. The normalized spacial score (nSPS) is 10.9. The minimum Gasteiger partial charge on any atom is -0.476 e. The van der Waals surface area contributed by atoms with Crippen molar-refractivity contribution in [1.29, 1.82) is 0 Å². The molecule has 0 radical (unpaired) electrons. The Bertz CT molecular complexity index is 956. The van der Waals surface area contributed by atoms with E-state index >= 15 is 0 Å². The van der Waals surface area contributed by atoms with Crippen molar-refractivity contribution in [3.05, 3.63) is 53.5 Å². The van der Waals surface area contributed by atoms with Crippen molar-refractivity contribution in [3.63, 3.8) is 0 Å². The van der Waals surface area contributed by atoms with Gasteiger partial charge in [0.2, 0.25) is 5.88 Å². The Morgan fingerprint density at radius 2 is 2.07 bits per heavy atom. The minimum absolute atomic E-state index is 0.0693. The van der Waals surface area contributed by atoms with Gasteiger partial charge in [-0.2, -0.15) is 4.98 Å². The first-order valence-electron chi connectivity index (χ1n) is 8.48.